The molecule has 3 N–H and O–H groups in total. The fourth-order valence-electron chi connectivity index (χ4n) is 2.05. The lowest BCUT2D eigenvalue weighted by molar-refractivity contribution is 0.0951. The van der Waals surface area contributed by atoms with E-state index >= 15 is 0 Å². The maximum atomic E-state index is 12.0. The zero-order chi connectivity index (χ0) is 13.2. The van der Waals surface area contributed by atoms with Crippen LogP contribution in [0.5, 0.6) is 0 Å². The van der Waals surface area contributed by atoms with Crippen molar-refractivity contribution in [1.29, 1.82) is 0 Å². The van der Waals surface area contributed by atoms with Crippen LogP contribution in [-0.2, 0) is 0 Å². The van der Waals surface area contributed by atoms with Crippen molar-refractivity contribution in [3.05, 3.63) is 54.1 Å². The molecule has 1 aliphatic rings. The molecule has 0 unspecified atom stereocenters. The van der Waals surface area contributed by atoms with Crippen LogP contribution in [0.4, 0.5) is 5.69 Å². The van der Waals surface area contributed by atoms with E-state index < -0.39 is 0 Å². The molecule has 2 aromatic carbocycles. The first kappa shape index (κ1) is 11.8. The van der Waals surface area contributed by atoms with Crippen molar-refractivity contribution >= 4 is 11.6 Å². The summed E-state index contributed by atoms with van der Waals surface area (Å²) in [5, 5.41) is 3.00. The number of nitrogens with one attached hydrogen (secondary N) is 1. The molecule has 1 fully saturated rings. The molecule has 1 amide bonds. The number of nitrogens with two attached hydrogens (primary N) is 1. The molecule has 19 heavy (non-hydrogen) atoms. The molecule has 0 saturated heterocycles. The van der Waals surface area contributed by atoms with E-state index in [2.05, 4.69) is 5.32 Å². The molecule has 3 heteroatoms. The average molecular weight is 252 g/mol. The number of benzene rings is 2. The predicted molar refractivity (Wildman–Crippen MR) is 76.8 cm³/mol. The van der Waals surface area contributed by atoms with Gasteiger partial charge in [0, 0.05) is 17.3 Å². The minimum absolute atomic E-state index is 0.00764. The maximum absolute atomic E-state index is 12.0. The van der Waals surface area contributed by atoms with Crippen LogP contribution in [0.25, 0.3) is 11.1 Å². The van der Waals surface area contributed by atoms with Gasteiger partial charge in [-0.3, -0.25) is 4.79 Å². The number of hydrogen-bond donors (Lipinski definition) is 2. The van der Waals surface area contributed by atoms with Gasteiger partial charge in [-0.25, -0.2) is 0 Å². The molecule has 0 atom stereocenters. The molecule has 1 saturated carbocycles. The van der Waals surface area contributed by atoms with Crippen molar-refractivity contribution in [3.8, 4) is 11.1 Å². The van der Waals surface area contributed by atoms with Crippen LogP contribution in [0.15, 0.2) is 48.5 Å². The number of amides is 1. The first-order valence-corrected chi connectivity index (χ1v) is 6.49. The fraction of sp³-hybridized carbons (Fsp3) is 0.188. The van der Waals surface area contributed by atoms with Gasteiger partial charge in [0.15, 0.2) is 0 Å². The van der Waals surface area contributed by atoms with Gasteiger partial charge in [-0.1, -0.05) is 24.3 Å². The Hall–Kier alpha value is -2.29. The van der Waals surface area contributed by atoms with Gasteiger partial charge in [0.05, 0.1) is 0 Å². The van der Waals surface area contributed by atoms with Gasteiger partial charge in [-0.2, -0.15) is 0 Å². The molecule has 3 nitrogen and oxygen atoms in total. The summed E-state index contributed by atoms with van der Waals surface area (Å²) in [5.41, 5.74) is 9.26. The molecule has 0 aliphatic heterocycles. The lowest BCUT2D eigenvalue weighted by atomic mass is 10.0. The Bertz CT molecular complexity index is 618. The standard InChI is InChI=1S/C16H16N2O/c17-14-6-2-4-12(10-14)11-3-1-5-13(9-11)16(19)18-15-7-8-15/h1-6,9-10,15H,7-8,17H2,(H,18,19). The number of hydrogen-bond acceptors (Lipinski definition) is 2. The third kappa shape index (κ3) is 2.76. The Kier molecular flexibility index (Phi) is 2.95. The number of carbonyl (C=O) groups excluding carboxylic acids is 1. The predicted octanol–water partition coefficient (Wildman–Crippen LogP) is 2.83. The molecule has 3 rings (SSSR count). The van der Waals surface area contributed by atoms with Gasteiger partial charge in [0.1, 0.15) is 0 Å². The molecular weight excluding hydrogens is 236 g/mol. The molecule has 96 valence electrons. The fourth-order valence-corrected chi connectivity index (χ4v) is 2.05. The lowest BCUT2D eigenvalue weighted by Gasteiger charge is -2.07. The van der Waals surface area contributed by atoms with Gasteiger partial charge in [-0.15, -0.1) is 0 Å². The van der Waals surface area contributed by atoms with Gasteiger partial charge in [0.2, 0.25) is 0 Å². The second-order valence-electron chi connectivity index (χ2n) is 4.95. The minimum atomic E-state index is 0.00764. The van der Waals surface area contributed by atoms with E-state index in [1.165, 1.54) is 0 Å². The van der Waals surface area contributed by atoms with E-state index in [0.29, 0.717) is 11.6 Å². The van der Waals surface area contributed by atoms with Crippen LogP contribution >= 0.6 is 0 Å². The summed E-state index contributed by atoms with van der Waals surface area (Å²) in [6.45, 7) is 0. The third-order valence-electron chi connectivity index (χ3n) is 3.26. The van der Waals surface area contributed by atoms with Gasteiger partial charge < -0.3 is 11.1 Å². The molecule has 0 aromatic heterocycles. The zero-order valence-electron chi connectivity index (χ0n) is 10.6. The van der Waals surface area contributed by atoms with Crippen molar-refractivity contribution in [2.24, 2.45) is 0 Å². The molecule has 1 aliphatic carbocycles. The molecular formula is C16H16N2O. The Morgan fingerprint density at radius 2 is 1.74 bits per heavy atom. The smallest absolute Gasteiger partial charge is 0.251 e. The molecule has 2 aromatic rings. The lowest BCUT2D eigenvalue weighted by Crippen LogP contribution is -2.25. The number of carbonyl (C=O) groups is 1. The second-order valence-corrected chi connectivity index (χ2v) is 4.95. The first-order chi connectivity index (χ1) is 9.22. The van der Waals surface area contributed by atoms with E-state index in [9.17, 15) is 4.79 Å². The summed E-state index contributed by atoms with van der Waals surface area (Å²) >= 11 is 0. The normalized spacial score (nSPS) is 14.1. The summed E-state index contributed by atoms with van der Waals surface area (Å²) in [7, 11) is 0. The van der Waals surface area contributed by atoms with Crippen molar-refractivity contribution in [2.75, 3.05) is 5.73 Å². The minimum Gasteiger partial charge on any atom is -0.399 e. The van der Waals surface area contributed by atoms with E-state index in [-0.39, 0.29) is 5.91 Å². The van der Waals surface area contributed by atoms with Crippen LogP contribution in [0.3, 0.4) is 0 Å². The first-order valence-electron chi connectivity index (χ1n) is 6.49. The van der Waals surface area contributed by atoms with Gasteiger partial charge in [0.25, 0.3) is 5.91 Å². The number of rotatable bonds is 3. The van der Waals surface area contributed by atoms with E-state index in [4.69, 9.17) is 5.73 Å². The summed E-state index contributed by atoms with van der Waals surface area (Å²) < 4.78 is 0. The SMILES string of the molecule is Nc1cccc(-c2cccc(C(=O)NC3CC3)c2)c1. The highest BCUT2D eigenvalue weighted by atomic mass is 16.1. The molecule has 0 radical (unpaired) electrons. The second kappa shape index (κ2) is 4.76. The van der Waals surface area contributed by atoms with Gasteiger partial charge in [-0.05, 0) is 48.2 Å². The summed E-state index contributed by atoms with van der Waals surface area (Å²) in [4.78, 5) is 12.0. The highest BCUT2D eigenvalue weighted by Gasteiger charge is 2.23. The van der Waals surface area contributed by atoms with Crippen molar-refractivity contribution in [3.63, 3.8) is 0 Å². The van der Waals surface area contributed by atoms with E-state index in [1.807, 2.05) is 48.5 Å². The van der Waals surface area contributed by atoms with Crippen LogP contribution in [0, 0.1) is 0 Å². The Morgan fingerprint density at radius 1 is 1.05 bits per heavy atom. The summed E-state index contributed by atoms with van der Waals surface area (Å²) in [6.07, 6.45) is 2.20. The highest BCUT2D eigenvalue weighted by molar-refractivity contribution is 5.95. The monoisotopic (exact) mass is 252 g/mol. The molecule has 0 spiro atoms. The highest BCUT2D eigenvalue weighted by Crippen LogP contribution is 2.23. The summed E-state index contributed by atoms with van der Waals surface area (Å²) in [5.74, 6) is 0.00764. The van der Waals surface area contributed by atoms with Crippen LogP contribution in [0.2, 0.25) is 0 Å². The van der Waals surface area contributed by atoms with Crippen molar-refractivity contribution in [1.82, 2.24) is 5.32 Å². The van der Waals surface area contributed by atoms with E-state index in [1.54, 1.807) is 0 Å². The van der Waals surface area contributed by atoms with E-state index in [0.717, 1.165) is 29.7 Å². The quantitative estimate of drug-likeness (QED) is 0.825. The third-order valence-corrected chi connectivity index (χ3v) is 3.26. The molecule has 0 heterocycles. The number of anilines is 1. The largest absolute Gasteiger partial charge is 0.399 e. The van der Waals surface area contributed by atoms with Crippen LogP contribution in [-0.4, -0.2) is 11.9 Å². The topological polar surface area (TPSA) is 55.1 Å². The van der Waals surface area contributed by atoms with Gasteiger partial charge >= 0.3 is 0 Å². The Balaban J connectivity index is 1.88. The van der Waals surface area contributed by atoms with Crippen LogP contribution in [0.1, 0.15) is 23.2 Å². The van der Waals surface area contributed by atoms with Crippen LogP contribution < -0.4 is 11.1 Å². The van der Waals surface area contributed by atoms with Crippen molar-refractivity contribution < 1.29 is 4.79 Å². The summed E-state index contributed by atoms with van der Waals surface area (Å²) in [6, 6.07) is 15.7. The Labute approximate surface area is 112 Å². The zero-order valence-corrected chi connectivity index (χ0v) is 10.6. The Morgan fingerprint density at radius 3 is 2.42 bits per heavy atom. The maximum Gasteiger partial charge on any atom is 0.251 e. The molecule has 0 bridgehead atoms. The number of nitrogen functional groups attached to an aromatic ring is 1. The average Bonchev–Trinajstić information content (AvgIpc) is 3.23. The van der Waals surface area contributed by atoms with Crippen molar-refractivity contribution in [2.45, 2.75) is 18.9 Å².